The third-order valence-electron chi connectivity index (χ3n) is 4.55. The molecule has 0 aromatic carbocycles. The van der Waals surface area contributed by atoms with Gasteiger partial charge in [0, 0.05) is 24.0 Å². The van der Waals surface area contributed by atoms with Crippen LogP contribution in [-0.4, -0.2) is 30.5 Å². The van der Waals surface area contributed by atoms with Crippen molar-refractivity contribution in [1.82, 2.24) is 5.32 Å². The minimum Gasteiger partial charge on any atom is -0.381 e. The highest BCUT2D eigenvalue weighted by molar-refractivity contribution is 7.14. The van der Waals surface area contributed by atoms with Gasteiger partial charge >= 0.3 is 0 Å². The van der Waals surface area contributed by atoms with E-state index in [1.54, 1.807) is 11.3 Å². The zero-order valence-corrected chi connectivity index (χ0v) is 13.8. The van der Waals surface area contributed by atoms with Crippen LogP contribution < -0.4 is 5.32 Å². The number of carbonyl (C=O) groups excluding carboxylic acids is 1. The summed E-state index contributed by atoms with van der Waals surface area (Å²) < 4.78 is 5.39. The Kier molecular flexibility index (Phi) is 4.87. The predicted octanol–water partition coefficient (Wildman–Crippen LogP) is 3.53. The van der Waals surface area contributed by atoms with Crippen LogP contribution in [0.25, 0.3) is 0 Å². The molecule has 1 aliphatic heterocycles. The lowest BCUT2D eigenvalue weighted by Gasteiger charge is -2.36. The molecule has 0 bridgehead atoms. The Morgan fingerprint density at radius 1 is 1.29 bits per heavy atom. The first kappa shape index (κ1) is 15.3. The summed E-state index contributed by atoms with van der Waals surface area (Å²) in [4.78, 5) is 14.8. The van der Waals surface area contributed by atoms with Gasteiger partial charge in [-0.2, -0.15) is 0 Å². The van der Waals surface area contributed by atoms with Gasteiger partial charge in [0.25, 0.3) is 5.91 Å². The molecule has 1 aromatic rings. The summed E-state index contributed by atoms with van der Waals surface area (Å²) in [6.07, 6.45) is 7.64. The number of hydrogen-bond donors (Lipinski definition) is 1. The lowest BCUT2D eigenvalue weighted by Crippen LogP contribution is -2.53. The number of nitrogens with one attached hydrogen (secondary N) is 1. The van der Waals surface area contributed by atoms with Crippen molar-refractivity contribution in [1.29, 1.82) is 0 Å². The summed E-state index contributed by atoms with van der Waals surface area (Å²) >= 11 is 7.79. The standard InChI is InChI=1S/C16H22ClNO2S/c17-11-16(6-8-20-9-7-16)18-15(19)14-10-12-4-2-1-3-5-13(12)21-14/h10H,1-9,11H2,(H,18,19). The third kappa shape index (κ3) is 3.43. The summed E-state index contributed by atoms with van der Waals surface area (Å²) in [5.41, 5.74) is 1.09. The van der Waals surface area contributed by atoms with Crippen LogP contribution in [0.4, 0.5) is 0 Å². The van der Waals surface area contributed by atoms with E-state index >= 15 is 0 Å². The fourth-order valence-electron chi connectivity index (χ4n) is 3.14. The van der Waals surface area contributed by atoms with E-state index in [9.17, 15) is 4.79 Å². The summed E-state index contributed by atoms with van der Waals surface area (Å²) in [6, 6.07) is 2.10. The minimum absolute atomic E-state index is 0.0376. The maximum Gasteiger partial charge on any atom is 0.261 e. The van der Waals surface area contributed by atoms with E-state index in [1.165, 1.54) is 29.7 Å². The smallest absolute Gasteiger partial charge is 0.261 e. The molecule has 21 heavy (non-hydrogen) atoms. The molecule has 3 nitrogen and oxygen atoms in total. The first-order chi connectivity index (χ1) is 10.2. The van der Waals surface area contributed by atoms with Gasteiger partial charge in [0.05, 0.1) is 10.4 Å². The Morgan fingerprint density at radius 2 is 2.05 bits per heavy atom. The summed E-state index contributed by atoms with van der Waals surface area (Å²) in [7, 11) is 0. The molecule has 0 unspecified atom stereocenters. The first-order valence-electron chi connectivity index (χ1n) is 7.80. The fourth-order valence-corrected chi connectivity index (χ4v) is 4.62. The predicted molar refractivity (Wildman–Crippen MR) is 86.5 cm³/mol. The van der Waals surface area contributed by atoms with Crippen LogP contribution in [0.3, 0.4) is 0 Å². The molecule has 0 saturated carbocycles. The molecule has 0 radical (unpaired) electrons. The molecular formula is C16H22ClNO2S. The van der Waals surface area contributed by atoms with Crippen LogP contribution >= 0.6 is 22.9 Å². The topological polar surface area (TPSA) is 38.3 Å². The maximum absolute atomic E-state index is 12.6. The second kappa shape index (κ2) is 6.67. The van der Waals surface area contributed by atoms with Gasteiger partial charge in [-0.25, -0.2) is 0 Å². The first-order valence-corrected chi connectivity index (χ1v) is 9.15. The molecular weight excluding hydrogens is 306 g/mol. The molecule has 2 heterocycles. The highest BCUT2D eigenvalue weighted by Crippen LogP contribution is 2.30. The Balaban J connectivity index is 1.73. The van der Waals surface area contributed by atoms with Gasteiger partial charge in [-0.15, -0.1) is 22.9 Å². The molecule has 1 amide bonds. The Bertz CT molecular complexity index is 485. The van der Waals surface area contributed by atoms with Crippen LogP contribution in [0, 0.1) is 0 Å². The molecule has 116 valence electrons. The van der Waals surface area contributed by atoms with Gasteiger partial charge in [-0.05, 0) is 50.2 Å². The van der Waals surface area contributed by atoms with E-state index in [0.717, 1.165) is 30.6 Å². The molecule has 3 rings (SSSR count). The van der Waals surface area contributed by atoms with Crippen LogP contribution in [-0.2, 0) is 17.6 Å². The lowest BCUT2D eigenvalue weighted by atomic mass is 9.92. The highest BCUT2D eigenvalue weighted by atomic mass is 35.5. The van der Waals surface area contributed by atoms with Crippen molar-refractivity contribution in [3.8, 4) is 0 Å². The van der Waals surface area contributed by atoms with Gasteiger partial charge in [-0.3, -0.25) is 4.79 Å². The monoisotopic (exact) mass is 327 g/mol. The molecule has 1 fully saturated rings. The second-order valence-corrected chi connectivity index (χ2v) is 7.50. The van der Waals surface area contributed by atoms with Crippen molar-refractivity contribution in [2.45, 2.75) is 50.5 Å². The molecule has 1 aliphatic carbocycles. The SMILES string of the molecule is O=C(NC1(CCl)CCOCC1)c1cc2c(s1)CCCCC2. The average Bonchev–Trinajstić information content (AvgIpc) is 2.79. The van der Waals surface area contributed by atoms with Crippen molar-refractivity contribution in [3.63, 3.8) is 0 Å². The van der Waals surface area contributed by atoms with E-state index in [2.05, 4.69) is 11.4 Å². The van der Waals surface area contributed by atoms with Gasteiger partial charge < -0.3 is 10.1 Å². The largest absolute Gasteiger partial charge is 0.381 e. The number of ether oxygens (including phenoxy) is 1. The van der Waals surface area contributed by atoms with Crippen molar-refractivity contribution in [2.75, 3.05) is 19.1 Å². The lowest BCUT2D eigenvalue weighted by molar-refractivity contribution is 0.0435. The molecule has 1 saturated heterocycles. The van der Waals surface area contributed by atoms with Gasteiger partial charge in [-0.1, -0.05) is 6.42 Å². The number of rotatable bonds is 3. The number of thiophene rings is 1. The molecule has 5 heteroatoms. The number of halogens is 1. The van der Waals surface area contributed by atoms with E-state index in [0.29, 0.717) is 19.1 Å². The molecule has 0 atom stereocenters. The van der Waals surface area contributed by atoms with Gasteiger partial charge in [0.1, 0.15) is 0 Å². The highest BCUT2D eigenvalue weighted by Gasteiger charge is 2.34. The molecule has 1 aromatic heterocycles. The zero-order chi connectivity index (χ0) is 14.7. The van der Waals surface area contributed by atoms with Crippen molar-refractivity contribution < 1.29 is 9.53 Å². The summed E-state index contributed by atoms with van der Waals surface area (Å²) in [6.45, 7) is 1.35. The van der Waals surface area contributed by atoms with Crippen LogP contribution in [0.1, 0.15) is 52.2 Å². The van der Waals surface area contributed by atoms with Crippen LogP contribution in [0.5, 0.6) is 0 Å². The Morgan fingerprint density at radius 3 is 2.81 bits per heavy atom. The quantitative estimate of drug-likeness (QED) is 0.681. The summed E-state index contributed by atoms with van der Waals surface area (Å²) in [5, 5.41) is 3.18. The number of alkyl halides is 1. The van der Waals surface area contributed by atoms with E-state index in [1.807, 2.05) is 0 Å². The zero-order valence-electron chi connectivity index (χ0n) is 12.3. The van der Waals surface area contributed by atoms with Crippen molar-refractivity contribution >= 4 is 28.8 Å². The van der Waals surface area contributed by atoms with E-state index < -0.39 is 0 Å². The van der Waals surface area contributed by atoms with E-state index in [4.69, 9.17) is 16.3 Å². The Hall–Kier alpha value is -0.580. The number of amides is 1. The normalized spacial score (nSPS) is 21.4. The third-order valence-corrected chi connectivity index (χ3v) is 6.30. The number of fused-ring (bicyclic) bond motifs is 1. The Labute approximate surface area is 135 Å². The van der Waals surface area contributed by atoms with Crippen LogP contribution in [0.15, 0.2) is 6.07 Å². The molecule has 0 spiro atoms. The number of aryl methyl sites for hydroxylation is 2. The van der Waals surface area contributed by atoms with Crippen molar-refractivity contribution in [2.24, 2.45) is 0 Å². The van der Waals surface area contributed by atoms with Gasteiger partial charge in [0.15, 0.2) is 0 Å². The minimum atomic E-state index is -0.293. The summed E-state index contributed by atoms with van der Waals surface area (Å²) in [5.74, 6) is 0.489. The molecule has 2 aliphatic rings. The second-order valence-electron chi connectivity index (χ2n) is 6.10. The number of carbonyl (C=O) groups is 1. The average molecular weight is 328 g/mol. The van der Waals surface area contributed by atoms with Crippen molar-refractivity contribution in [3.05, 3.63) is 21.4 Å². The maximum atomic E-state index is 12.6. The van der Waals surface area contributed by atoms with E-state index in [-0.39, 0.29) is 11.4 Å². The van der Waals surface area contributed by atoms with Crippen LogP contribution in [0.2, 0.25) is 0 Å². The van der Waals surface area contributed by atoms with Gasteiger partial charge in [0.2, 0.25) is 0 Å². The fraction of sp³-hybridized carbons (Fsp3) is 0.688. The molecule has 1 N–H and O–H groups in total. The number of hydrogen-bond acceptors (Lipinski definition) is 3.